The Hall–Kier alpha value is -2.98. The minimum Gasteiger partial charge on any atom is -0.444 e. The van der Waals surface area contributed by atoms with Crippen molar-refractivity contribution in [2.45, 2.75) is 66.0 Å². The van der Waals surface area contributed by atoms with E-state index in [1.165, 1.54) is 10.9 Å². The summed E-state index contributed by atoms with van der Waals surface area (Å²) >= 11 is 12.7. The van der Waals surface area contributed by atoms with Crippen LogP contribution in [0.4, 0.5) is 10.6 Å². The number of carbonyl (C=O) groups is 1. The second kappa shape index (κ2) is 10.4. The molecule has 0 spiro atoms. The SMILES string of the molecule is CCc1ncnc(CC)c1-n1c(=O)nc(N2CCN(C(=O)OC(C)(C)C)C[C@@H]2C)c2cc(Cl)c(Cl)nc21. The Kier molecular flexibility index (Phi) is 7.62. The van der Waals surface area contributed by atoms with E-state index in [9.17, 15) is 9.59 Å². The zero-order chi connectivity index (χ0) is 27.1. The van der Waals surface area contributed by atoms with Gasteiger partial charge in [-0.1, -0.05) is 37.0 Å². The Morgan fingerprint density at radius 2 is 1.76 bits per heavy atom. The fourth-order valence-corrected chi connectivity index (χ4v) is 4.79. The number of aromatic nitrogens is 5. The number of amides is 1. The van der Waals surface area contributed by atoms with Crippen molar-refractivity contribution < 1.29 is 9.53 Å². The van der Waals surface area contributed by atoms with E-state index in [4.69, 9.17) is 27.9 Å². The zero-order valence-corrected chi connectivity index (χ0v) is 23.4. The number of pyridine rings is 1. The van der Waals surface area contributed by atoms with Crippen molar-refractivity contribution in [1.82, 2.24) is 29.4 Å². The molecule has 198 valence electrons. The minimum absolute atomic E-state index is 0.0789. The van der Waals surface area contributed by atoms with Crippen molar-refractivity contribution in [3.8, 4) is 5.69 Å². The second-order valence-corrected chi connectivity index (χ2v) is 10.7. The number of halogens is 2. The molecule has 1 atom stereocenters. The average Bonchev–Trinajstić information content (AvgIpc) is 2.83. The number of aryl methyl sites for hydroxylation is 2. The highest BCUT2D eigenvalue weighted by atomic mass is 35.5. The van der Waals surface area contributed by atoms with Crippen LogP contribution in [0.1, 0.15) is 52.9 Å². The lowest BCUT2D eigenvalue weighted by Crippen LogP contribution is -2.55. The fourth-order valence-electron chi connectivity index (χ4n) is 4.50. The van der Waals surface area contributed by atoms with Gasteiger partial charge in [0, 0.05) is 25.7 Å². The number of ether oxygens (including phenoxy) is 1. The lowest BCUT2D eigenvalue weighted by molar-refractivity contribution is 0.0218. The number of hydrogen-bond acceptors (Lipinski definition) is 8. The Labute approximate surface area is 225 Å². The summed E-state index contributed by atoms with van der Waals surface area (Å²) in [5.41, 5.74) is 1.20. The molecule has 0 radical (unpaired) electrons. The van der Waals surface area contributed by atoms with Crippen LogP contribution in [0.15, 0.2) is 17.2 Å². The third kappa shape index (κ3) is 5.36. The number of fused-ring (bicyclic) bond motifs is 1. The van der Waals surface area contributed by atoms with Crippen LogP contribution < -0.4 is 10.6 Å². The molecule has 10 nitrogen and oxygen atoms in total. The zero-order valence-electron chi connectivity index (χ0n) is 21.9. The topological polar surface area (TPSA) is 106 Å². The Morgan fingerprint density at radius 3 is 2.32 bits per heavy atom. The monoisotopic (exact) mass is 547 g/mol. The van der Waals surface area contributed by atoms with E-state index in [-0.39, 0.29) is 22.3 Å². The molecule has 0 aliphatic carbocycles. The van der Waals surface area contributed by atoms with Crippen LogP contribution in [0.3, 0.4) is 0 Å². The van der Waals surface area contributed by atoms with E-state index < -0.39 is 11.3 Å². The minimum atomic E-state index is -0.586. The molecule has 4 heterocycles. The highest BCUT2D eigenvalue weighted by molar-refractivity contribution is 6.41. The van der Waals surface area contributed by atoms with Crippen molar-refractivity contribution in [3.63, 3.8) is 0 Å². The number of nitrogens with zero attached hydrogens (tertiary/aromatic N) is 7. The van der Waals surface area contributed by atoms with E-state index in [0.29, 0.717) is 66.4 Å². The molecule has 1 aliphatic heterocycles. The molecule has 0 saturated carbocycles. The first-order valence-electron chi connectivity index (χ1n) is 12.3. The van der Waals surface area contributed by atoms with Crippen molar-refractivity contribution >= 4 is 46.1 Å². The summed E-state index contributed by atoms with van der Waals surface area (Å²) in [5, 5.41) is 0.896. The maximum atomic E-state index is 13.6. The summed E-state index contributed by atoms with van der Waals surface area (Å²) in [6.07, 6.45) is 2.31. The summed E-state index contributed by atoms with van der Waals surface area (Å²) < 4.78 is 6.97. The Balaban J connectivity index is 1.84. The normalized spacial score (nSPS) is 16.4. The predicted octanol–water partition coefficient (Wildman–Crippen LogP) is 4.45. The van der Waals surface area contributed by atoms with E-state index in [1.807, 2.05) is 46.4 Å². The van der Waals surface area contributed by atoms with Crippen LogP contribution in [-0.2, 0) is 17.6 Å². The Morgan fingerprint density at radius 1 is 1.11 bits per heavy atom. The standard InChI is InChI=1S/C25H31Cl2N7O3/c1-7-17-19(18(8-2)29-13-28-17)34-22-15(11-16(26)20(27)30-22)21(31-23(34)35)33-10-9-32(12-14(33)3)24(36)37-25(4,5)6/h11,13-14H,7-10,12H2,1-6H3/t14-/m0/s1. The fraction of sp³-hybridized carbons (Fsp3) is 0.520. The summed E-state index contributed by atoms with van der Waals surface area (Å²) in [6.45, 7) is 12.7. The van der Waals surface area contributed by atoms with Gasteiger partial charge in [-0.15, -0.1) is 0 Å². The van der Waals surface area contributed by atoms with Crippen molar-refractivity contribution in [3.05, 3.63) is 44.4 Å². The molecule has 1 saturated heterocycles. The highest BCUT2D eigenvalue weighted by Crippen LogP contribution is 2.33. The van der Waals surface area contributed by atoms with Gasteiger partial charge in [0.2, 0.25) is 0 Å². The molecule has 0 unspecified atom stereocenters. The maximum Gasteiger partial charge on any atom is 0.410 e. The largest absolute Gasteiger partial charge is 0.444 e. The van der Waals surface area contributed by atoms with Crippen LogP contribution in [0.25, 0.3) is 16.7 Å². The summed E-state index contributed by atoms with van der Waals surface area (Å²) in [6, 6.07) is 1.53. The average molecular weight is 548 g/mol. The van der Waals surface area contributed by atoms with Gasteiger partial charge in [0.15, 0.2) is 5.65 Å². The third-order valence-corrected chi connectivity index (χ3v) is 6.85. The van der Waals surface area contributed by atoms with Crippen LogP contribution >= 0.6 is 23.2 Å². The van der Waals surface area contributed by atoms with Gasteiger partial charge < -0.3 is 14.5 Å². The number of hydrogen-bond donors (Lipinski definition) is 0. The highest BCUT2D eigenvalue weighted by Gasteiger charge is 2.32. The smallest absolute Gasteiger partial charge is 0.410 e. The molecule has 37 heavy (non-hydrogen) atoms. The molecule has 12 heteroatoms. The predicted molar refractivity (Wildman–Crippen MR) is 144 cm³/mol. The molecule has 0 N–H and O–H groups in total. The first kappa shape index (κ1) is 27.1. The lowest BCUT2D eigenvalue weighted by Gasteiger charge is -2.41. The van der Waals surface area contributed by atoms with Crippen LogP contribution in [0.5, 0.6) is 0 Å². The molecule has 3 aromatic heterocycles. The van der Waals surface area contributed by atoms with Crippen LogP contribution in [0, 0.1) is 0 Å². The summed E-state index contributed by atoms with van der Waals surface area (Å²) in [4.78, 5) is 47.7. The van der Waals surface area contributed by atoms with Gasteiger partial charge >= 0.3 is 11.8 Å². The van der Waals surface area contributed by atoms with E-state index in [1.54, 1.807) is 11.0 Å². The Bertz CT molecular complexity index is 1380. The number of piperazine rings is 1. The molecule has 1 aliphatic rings. The van der Waals surface area contributed by atoms with Gasteiger partial charge in [-0.3, -0.25) is 0 Å². The maximum absolute atomic E-state index is 13.6. The van der Waals surface area contributed by atoms with Crippen molar-refractivity contribution in [2.24, 2.45) is 0 Å². The first-order valence-corrected chi connectivity index (χ1v) is 13.1. The molecule has 0 bridgehead atoms. The number of rotatable bonds is 4. The molecular weight excluding hydrogens is 517 g/mol. The van der Waals surface area contributed by atoms with Gasteiger partial charge in [0.1, 0.15) is 22.9 Å². The molecule has 0 aromatic carbocycles. The molecule has 1 fully saturated rings. The molecule has 4 rings (SSSR count). The van der Waals surface area contributed by atoms with Gasteiger partial charge in [0.25, 0.3) is 0 Å². The first-order chi connectivity index (χ1) is 17.4. The summed E-state index contributed by atoms with van der Waals surface area (Å²) in [7, 11) is 0. The quantitative estimate of drug-likeness (QED) is 0.441. The van der Waals surface area contributed by atoms with Crippen LogP contribution in [0.2, 0.25) is 10.2 Å². The van der Waals surface area contributed by atoms with E-state index in [2.05, 4.69) is 19.9 Å². The van der Waals surface area contributed by atoms with Gasteiger partial charge in [-0.25, -0.2) is 29.1 Å². The number of carbonyl (C=O) groups excluding carboxylic acids is 1. The van der Waals surface area contributed by atoms with Gasteiger partial charge in [-0.2, -0.15) is 4.98 Å². The van der Waals surface area contributed by atoms with Crippen molar-refractivity contribution in [2.75, 3.05) is 24.5 Å². The third-order valence-electron chi connectivity index (χ3n) is 6.18. The van der Waals surface area contributed by atoms with E-state index >= 15 is 0 Å². The molecule has 3 aromatic rings. The lowest BCUT2D eigenvalue weighted by atomic mass is 10.1. The van der Waals surface area contributed by atoms with Gasteiger partial charge in [0.05, 0.1) is 27.5 Å². The van der Waals surface area contributed by atoms with E-state index in [0.717, 1.165) is 0 Å². The second-order valence-electron chi connectivity index (χ2n) is 9.98. The van der Waals surface area contributed by atoms with Gasteiger partial charge in [-0.05, 0) is 46.6 Å². The van der Waals surface area contributed by atoms with Crippen LogP contribution in [-0.4, -0.2) is 66.8 Å². The number of anilines is 1. The summed E-state index contributed by atoms with van der Waals surface area (Å²) in [5.74, 6) is 0.437. The molecular formula is C25H31Cl2N7O3. The molecule has 1 amide bonds. The van der Waals surface area contributed by atoms with Crippen molar-refractivity contribution in [1.29, 1.82) is 0 Å².